The van der Waals surface area contributed by atoms with E-state index < -0.39 is 0 Å². The van der Waals surface area contributed by atoms with E-state index in [0.29, 0.717) is 13.2 Å². The molecule has 2 N–H and O–H groups in total. The van der Waals surface area contributed by atoms with Crippen molar-refractivity contribution in [3.05, 3.63) is 60.0 Å². The van der Waals surface area contributed by atoms with Gasteiger partial charge in [0.1, 0.15) is 28.6 Å². The molecule has 4 aromatic rings. The van der Waals surface area contributed by atoms with Gasteiger partial charge >= 0.3 is 0 Å². The molecule has 0 saturated carbocycles. The van der Waals surface area contributed by atoms with Crippen molar-refractivity contribution in [2.45, 2.75) is 0 Å². The van der Waals surface area contributed by atoms with Crippen molar-refractivity contribution in [1.29, 1.82) is 0 Å². The molecular weight excluding hydrogens is 320 g/mol. The lowest BCUT2D eigenvalue weighted by Gasteiger charge is -2.04. The summed E-state index contributed by atoms with van der Waals surface area (Å²) in [6.07, 6.45) is 0. The van der Waals surface area contributed by atoms with Crippen molar-refractivity contribution in [1.82, 2.24) is 4.98 Å². The molecule has 0 atom stereocenters. The highest BCUT2D eigenvalue weighted by atomic mass is 32.1. The van der Waals surface area contributed by atoms with Crippen LogP contribution in [0.5, 0.6) is 5.75 Å². The van der Waals surface area contributed by atoms with Crippen LogP contribution in [0.1, 0.15) is 0 Å². The number of furan rings is 1. The first kappa shape index (κ1) is 14.9. The maximum Gasteiger partial charge on any atom is 0.154 e. The van der Waals surface area contributed by atoms with Gasteiger partial charge in [0.2, 0.25) is 0 Å². The van der Waals surface area contributed by atoms with Gasteiger partial charge in [-0.15, -0.1) is 11.3 Å². The highest BCUT2D eigenvalue weighted by Gasteiger charge is 2.11. The minimum absolute atomic E-state index is 0.509. The summed E-state index contributed by atoms with van der Waals surface area (Å²) in [5.41, 5.74) is 8.23. The van der Waals surface area contributed by atoms with Crippen LogP contribution >= 0.6 is 11.3 Å². The van der Waals surface area contributed by atoms with E-state index in [0.717, 1.165) is 38.7 Å². The molecule has 5 heteroatoms. The Kier molecular flexibility index (Phi) is 4.02. The number of ether oxygens (including phenoxy) is 1. The highest BCUT2D eigenvalue weighted by molar-refractivity contribution is 7.13. The molecule has 0 fully saturated rings. The first-order valence-corrected chi connectivity index (χ1v) is 8.59. The largest absolute Gasteiger partial charge is 0.492 e. The molecule has 0 amide bonds. The summed E-state index contributed by atoms with van der Waals surface area (Å²) in [5.74, 6) is 1.61. The maximum absolute atomic E-state index is 5.88. The Morgan fingerprint density at radius 1 is 1.08 bits per heavy atom. The second kappa shape index (κ2) is 6.47. The quantitative estimate of drug-likeness (QED) is 0.580. The summed E-state index contributed by atoms with van der Waals surface area (Å²) in [7, 11) is 0. The van der Waals surface area contributed by atoms with Crippen LogP contribution in [-0.2, 0) is 0 Å². The average molecular weight is 336 g/mol. The zero-order valence-electron chi connectivity index (χ0n) is 12.9. The molecule has 0 spiro atoms. The Balaban J connectivity index is 1.60. The predicted molar refractivity (Wildman–Crippen MR) is 97.3 cm³/mol. The molecular formula is C19H16N2O2S. The lowest BCUT2D eigenvalue weighted by atomic mass is 10.2. The molecule has 120 valence electrons. The average Bonchev–Trinajstić information content (AvgIpc) is 3.27. The topological polar surface area (TPSA) is 61.3 Å². The van der Waals surface area contributed by atoms with E-state index in [-0.39, 0.29) is 0 Å². The Labute approximate surface area is 143 Å². The first-order chi connectivity index (χ1) is 11.8. The van der Waals surface area contributed by atoms with Crippen molar-refractivity contribution < 1.29 is 9.15 Å². The summed E-state index contributed by atoms with van der Waals surface area (Å²) in [5, 5.41) is 4.06. The van der Waals surface area contributed by atoms with Gasteiger partial charge in [0.15, 0.2) is 5.76 Å². The zero-order valence-corrected chi connectivity index (χ0v) is 13.8. The predicted octanol–water partition coefficient (Wildman–Crippen LogP) is 4.56. The van der Waals surface area contributed by atoms with Crippen LogP contribution in [0.15, 0.2) is 64.4 Å². The Morgan fingerprint density at radius 3 is 2.71 bits per heavy atom. The van der Waals surface area contributed by atoms with Gasteiger partial charge in [0.05, 0.1) is 0 Å². The first-order valence-electron chi connectivity index (χ1n) is 7.71. The number of aromatic nitrogens is 1. The van der Waals surface area contributed by atoms with Gasteiger partial charge in [-0.25, -0.2) is 4.98 Å². The number of para-hydroxylation sites is 1. The number of rotatable bonds is 5. The van der Waals surface area contributed by atoms with Crippen molar-refractivity contribution >= 4 is 22.3 Å². The third kappa shape index (κ3) is 2.91. The normalized spacial score (nSPS) is 11.0. The van der Waals surface area contributed by atoms with Crippen LogP contribution in [0, 0.1) is 0 Å². The smallest absolute Gasteiger partial charge is 0.154 e. The van der Waals surface area contributed by atoms with E-state index in [1.165, 1.54) is 0 Å². The SMILES string of the molecule is NCCOc1ccc(-c2nc(-c3cc4ccccc4o3)cs2)cc1. The molecule has 2 heterocycles. The summed E-state index contributed by atoms with van der Waals surface area (Å²) >= 11 is 1.60. The van der Waals surface area contributed by atoms with Crippen LogP contribution in [0.2, 0.25) is 0 Å². The Hall–Kier alpha value is -2.63. The van der Waals surface area contributed by atoms with E-state index in [1.54, 1.807) is 11.3 Å². The van der Waals surface area contributed by atoms with Crippen molar-refractivity contribution in [3.63, 3.8) is 0 Å². The lowest BCUT2D eigenvalue weighted by molar-refractivity contribution is 0.328. The second-order valence-corrected chi connectivity index (χ2v) is 6.21. The molecule has 0 aliphatic rings. The maximum atomic E-state index is 5.88. The number of fused-ring (bicyclic) bond motifs is 1. The minimum atomic E-state index is 0.509. The molecule has 4 nitrogen and oxygen atoms in total. The molecule has 2 aromatic carbocycles. The molecule has 0 bridgehead atoms. The van der Waals surface area contributed by atoms with E-state index in [2.05, 4.69) is 0 Å². The van der Waals surface area contributed by atoms with Gasteiger partial charge < -0.3 is 14.9 Å². The standard InChI is InChI=1S/C19H16N2O2S/c20-9-10-22-15-7-5-13(6-8-15)19-21-16(12-24-19)18-11-14-3-1-2-4-17(14)23-18/h1-8,11-12H,9-10,20H2. The van der Waals surface area contributed by atoms with Crippen LogP contribution in [0.3, 0.4) is 0 Å². The molecule has 24 heavy (non-hydrogen) atoms. The minimum Gasteiger partial charge on any atom is -0.492 e. The van der Waals surface area contributed by atoms with Gasteiger partial charge in [0, 0.05) is 22.9 Å². The van der Waals surface area contributed by atoms with Gasteiger partial charge in [-0.3, -0.25) is 0 Å². The number of hydrogen-bond donors (Lipinski definition) is 1. The summed E-state index contributed by atoms with van der Waals surface area (Å²) in [6.45, 7) is 1.03. The molecule has 4 rings (SSSR count). The molecule has 0 unspecified atom stereocenters. The number of hydrogen-bond acceptors (Lipinski definition) is 5. The van der Waals surface area contributed by atoms with E-state index >= 15 is 0 Å². The molecule has 0 saturated heterocycles. The van der Waals surface area contributed by atoms with Gasteiger partial charge in [-0.2, -0.15) is 0 Å². The monoisotopic (exact) mass is 336 g/mol. The summed E-state index contributed by atoms with van der Waals surface area (Å²) in [6, 6.07) is 17.9. The van der Waals surface area contributed by atoms with E-state index in [1.807, 2.05) is 60.0 Å². The Morgan fingerprint density at radius 2 is 1.92 bits per heavy atom. The van der Waals surface area contributed by atoms with Crippen LogP contribution in [0.25, 0.3) is 33.0 Å². The zero-order chi connectivity index (χ0) is 16.4. The van der Waals surface area contributed by atoms with E-state index in [4.69, 9.17) is 19.9 Å². The van der Waals surface area contributed by atoms with Crippen LogP contribution in [-0.4, -0.2) is 18.1 Å². The number of nitrogens with zero attached hydrogens (tertiary/aromatic N) is 1. The van der Waals surface area contributed by atoms with Crippen molar-refractivity contribution in [2.24, 2.45) is 5.73 Å². The number of benzene rings is 2. The van der Waals surface area contributed by atoms with Gasteiger partial charge in [0.25, 0.3) is 0 Å². The van der Waals surface area contributed by atoms with Crippen LogP contribution < -0.4 is 10.5 Å². The van der Waals surface area contributed by atoms with Gasteiger partial charge in [-0.1, -0.05) is 18.2 Å². The highest BCUT2D eigenvalue weighted by Crippen LogP contribution is 2.32. The molecule has 0 aliphatic carbocycles. The van der Waals surface area contributed by atoms with Crippen LogP contribution in [0.4, 0.5) is 0 Å². The third-order valence-electron chi connectivity index (χ3n) is 3.67. The van der Waals surface area contributed by atoms with Gasteiger partial charge in [-0.05, 0) is 36.4 Å². The Bertz CT molecular complexity index is 924. The fourth-order valence-corrected chi connectivity index (χ4v) is 3.31. The number of nitrogens with two attached hydrogens (primary N) is 1. The molecule has 0 radical (unpaired) electrons. The molecule has 0 aliphatic heterocycles. The fourth-order valence-electron chi connectivity index (χ4n) is 2.50. The summed E-state index contributed by atoms with van der Waals surface area (Å²) < 4.78 is 11.4. The molecule has 2 aromatic heterocycles. The van der Waals surface area contributed by atoms with E-state index in [9.17, 15) is 0 Å². The van der Waals surface area contributed by atoms with Crippen molar-refractivity contribution in [3.8, 4) is 27.8 Å². The van der Waals surface area contributed by atoms with Crippen molar-refractivity contribution in [2.75, 3.05) is 13.2 Å². The second-order valence-electron chi connectivity index (χ2n) is 5.35. The number of thiazole rings is 1. The lowest BCUT2D eigenvalue weighted by Crippen LogP contribution is -2.10. The third-order valence-corrected chi connectivity index (χ3v) is 4.56. The summed E-state index contributed by atoms with van der Waals surface area (Å²) in [4.78, 5) is 4.70. The fraction of sp³-hybridized carbons (Fsp3) is 0.105.